The molecule has 2 rings (SSSR count). The van der Waals surface area contributed by atoms with Crippen LogP contribution in [0.15, 0.2) is 6.33 Å². The van der Waals surface area contributed by atoms with Crippen LogP contribution >= 0.6 is 11.6 Å². The summed E-state index contributed by atoms with van der Waals surface area (Å²) < 4.78 is 1.91. The molecular weight excluding hydrogens is 174 g/mol. The fraction of sp³-hybridized carbons (Fsp3) is 0.750. The van der Waals surface area contributed by atoms with Crippen molar-refractivity contribution in [1.29, 1.82) is 0 Å². The lowest BCUT2D eigenvalue weighted by molar-refractivity contribution is 0.187. The molecule has 12 heavy (non-hydrogen) atoms. The van der Waals surface area contributed by atoms with Crippen molar-refractivity contribution in [2.24, 2.45) is 11.8 Å². The van der Waals surface area contributed by atoms with Crippen molar-refractivity contribution in [3.8, 4) is 0 Å². The van der Waals surface area contributed by atoms with E-state index in [1.807, 2.05) is 4.57 Å². The molecule has 3 nitrogen and oxygen atoms in total. The van der Waals surface area contributed by atoms with Crippen LogP contribution in [0, 0.1) is 11.8 Å². The monoisotopic (exact) mass is 185 g/mol. The molecule has 0 aromatic carbocycles. The van der Waals surface area contributed by atoms with E-state index in [9.17, 15) is 0 Å². The number of halogens is 1. The highest BCUT2D eigenvalue weighted by atomic mass is 35.5. The van der Waals surface area contributed by atoms with Gasteiger partial charge in [-0.15, -0.1) is 10.2 Å². The van der Waals surface area contributed by atoms with E-state index in [0.717, 1.165) is 18.4 Å². The van der Waals surface area contributed by atoms with E-state index in [2.05, 4.69) is 17.1 Å². The largest absolute Gasteiger partial charge is 0.304 e. The summed E-state index contributed by atoms with van der Waals surface area (Å²) >= 11 is 5.79. The highest BCUT2D eigenvalue weighted by Gasteiger charge is 2.25. The molecule has 1 saturated carbocycles. The van der Waals surface area contributed by atoms with E-state index in [0.29, 0.717) is 5.28 Å². The topological polar surface area (TPSA) is 30.7 Å². The van der Waals surface area contributed by atoms with Crippen LogP contribution in [-0.2, 0) is 6.54 Å². The van der Waals surface area contributed by atoms with Crippen LogP contribution in [0.25, 0.3) is 0 Å². The first-order valence-corrected chi connectivity index (χ1v) is 4.67. The number of aromatic nitrogens is 3. The summed E-state index contributed by atoms with van der Waals surface area (Å²) in [7, 11) is 0. The molecule has 1 fully saturated rings. The molecule has 0 spiro atoms. The molecule has 0 radical (unpaired) electrons. The van der Waals surface area contributed by atoms with Crippen molar-refractivity contribution in [3.63, 3.8) is 0 Å². The molecular formula is C8H12ClN3. The molecule has 0 bridgehead atoms. The molecule has 0 unspecified atom stereocenters. The van der Waals surface area contributed by atoms with Crippen LogP contribution in [-0.4, -0.2) is 14.8 Å². The summed E-state index contributed by atoms with van der Waals surface area (Å²) in [5, 5.41) is 7.97. The second-order valence-electron chi connectivity index (χ2n) is 3.69. The predicted octanol–water partition coefficient (Wildman–Crippen LogP) is 1.98. The number of hydrogen-bond donors (Lipinski definition) is 0. The summed E-state index contributed by atoms with van der Waals surface area (Å²) in [6, 6.07) is 0. The lowest BCUT2D eigenvalue weighted by atomic mass is 9.76. The third kappa shape index (κ3) is 1.46. The van der Waals surface area contributed by atoms with Gasteiger partial charge in [0.2, 0.25) is 5.28 Å². The highest BCUT2D eigenvalue weighted by molar-refractivity contribution is 6.28. The second kappa shape index (κ2) is 3.05. The summed E-state index contributed by atoms with van der Waals surface area (Å²) in [6.07, 6.45) is 4.33. The van der Waals surface area contributed by atoms with Crippen LogP contribution in [0.5, 0.6) is 0 Å². The van der Waals surface area contributed by atoms with Gasteiger partial charge in [-0.25, -0.2) is 0 Å². The Bertz CT molecular complexity index is 265. The zero-order chi connectivity index (χ0) is 8.55. The summed E-state index contributed by atoms with van der Waals surface area (Å²) in [4.78, 5) is 0. The first kappa shape index (κ1) is 8.05. The van der Waals surface area contributed by atoms with E-state index >= 15 is 0 Å². The number of hydrogen-bond acceptors (Lipinski definition) is 2. The Morgan fingerprint density at radius 2 is 2.42 bits per heavy atom. The van der Waals surface area contributed by atoms with Gasteiger partial charge in [0.05, 0.1) is 0 Å². The first-order valence-electron chi connectivity index (χ1n) is 4.29. The van der Waals surface area contributed by atoms with Crippen LogP contribution in [0.1, 0.15) is 19.8 Å². The Morgan fingerprint density at radius 1 is 1.67 bits per heavy atom. The zero-order valence-corrected chi connectivity index (χ0v) is 7.83. The van der Waals surface area contributed by atoms with E-state index in [-0.39, 0.29) is 0 Å². The van der Waals surface area contributed by atoms with Crippen LogP contribution < -0.4 is 0 Å². The normalized spacial score (nSPS) is 28.5. The standard InChI is InChI=1S/C8H12ClN3/c1-6-2-7(3-6)4-12-5-10-11-8(12)9/h5-7H,2-4H2,1H3. The molecule has 1 aliphatic rings. The quantitative estimate of drug-likeness (QED) is 0.706. The Morgan fingerprint density at radius 3 is 2.92 bits per heavy atom. The van der Waals surface area contributed by atoms with E-state index in [4.69, 9.17) is 11.6 Å². The fourth-order valence-electron chi connectivity index (χ4n) is 1.86. The molecule has 1 heterocycles. The van der Waals surface area contributed by atoms with Gasteiger partial charge >= 0.3 is 0 Å². The maximum absolute atomic E-state index is 5.79. The van der Waals surface area contributed by atoms with E-state index in [1.165, 1.54) is 12.8 Å². The molecule has 4 heteroatoms. The Balaban J connectivity index is 1.92. The lowest BCUT2D eigenvalue weighted by Crippen LogP contribution is -2.25. The molecule has 1 aromatic rings. The lowest BCUT2D eigenvalue weighted by Gasteiger charge is -2.32. The molecule has 0 aliphatic heterocycles. The van der Waals surface area contributed by atoms with Crippen LogP contribution in [0.4, 0.5) is 0 Å². The maximum Gasteiger partial charge on any atom is 0.224 e. The minimum Gasteiger partial charge on any atom is -0.304 e. The van der Waals surface area contributed by atoms with Gasteiger partial charge in [0.25, 0.3) is 0 Å². The molecule has 0 N–H and O–H groups in total. The molecule has 1 aromatic heterocycles. The van der Waals surface area contributed by atoms with Crippen molar-refractivity contribution in [2.75, 3.05) is 0 Å². The van der Waals surface area contributed by atoms with E-state index in [1.54, 1.807) is 6.33 Å². The molecule has 0 amide bonds. The van der Waals surface area contributed by atoms with Gasteiger partial charge in [0, 0.05) is 6.54 Å². The van der Waals surface area contributed by atoms with Crippen molar-refractivity contribution in [2.45, 2.75) is 26.3 Å². The first-order chi connectivity index (χ1) is 5.75. The van der Waals surface area contributed by atoms with E-state index < -0.39 is 0 Å². The van der Waals surface area contributed by atoms with Crippen LogP contribution in [0.3, 0.4) is 0 Å². The van der Waals surface area contributed by atoms with Gasteiger partial charge in [-0.05, 0) is 36.3 Å². The van der Waals surface area contributed by atoms with Gasteiger partial charge in [-0.1, -0.05) is 6.92 Å². The Kier molecular flexibility index (Phi) is 2.05. The SMILES string of the molecule is CC1CC(Cn2cnnc2Cl)C1. The average Bonchev–Trinajstić information content (AvgIpc) is 2.33. The summed E-state index contributed by atoms with van der Waals surface area (Å²) in [5.41, 5.74) is 0. The number of rotatable bonds is 2. The number of nitrogens with zero attached hydrogens (tertiary/aromatic N) is 3. The van der Waals surface area contributed by atoms with Gasteiger partial charge in [-0.3, -0.25) is 0 Å². The molecule has 0 atom stereocenters. The minimum atomic E-state index is 0.509. The van der Waals surface area contributed by atoms with Crippen molar-refractivity contribution in [3.05, 3.63) is 11.6 Å². The average molecular weight is 186 g/mol. The van der Waals surface area contributed by atoms with Gasteiger partial charge in [-0.2, -0.15) is 0 Å². The highest BCUT2D eigenvalue weighted by Crippen LogP contribution is 2.34. The van der Waals surface area contributed by atoms with Gasteiger partial charge in [0.1, 0.15) is 6.33 Å². The molecule has 66 valence electrons. The van der Waals surface area contributed by atoms with Gasteiger partial charge < -0.3 is 4.57 Å². The van der Waals surface area contributed by atoms with Crippen molar-refractivity contribution >= 4 is 11.6 Å². The van der Waals surface area contributed by atoms with Gasteiger partial charge in [0.15, 0.2) is 0 Å². The second-order valence-corrected chi connectivity index (χ2v) is 4.03. The van der Waals surface area contributed by atoms with Crippen molar-refractivity contribution in [1.82, 2.24) is 14.8 Å². The fourth-order valence-corrected chi connectivity index (χ4v) is 2.02. The van der Waals surface area contributed by atoms with Crippen LogP contribution in [0.2, 0.25) is 5.28 Å². The summed E-state index contributed by atoms with van der Waals surface area (Å²) in [5.74, 6) is 1.68. The Labute approximate surface area is 76.7 Å². The zero-order valence-electron chi connectivity index (χ0n) is 7.07. The Hall–Kier alpha value is -0.570. The maximum atomic E-state index is 5.79. The third-order valence-electron chi connectivity index (χ3n) is 2.49. The van der Waals surface area contributed by atoms with Crippen molar-refractivity contribution < 1.29 is 0 Å². The molecule has 0 saturated heterocycles. The summed E-state index contributed by atoms with van der Waals surface area (Å²) in [6.45, 7) is 3.26. The minimum absolute atomic E-state index is 0.509. The molecule has 1 aliphatic carbocycles. The smallest absolute Gasteiger partial charge is 0.224 e. The predicted molar refractivity (Wildman–Crippen MR) is 46.9 cm³/mol. The third-order valence-corrected chi connectivity index (χ3v) is 2.79.